The Kier molecular flexibility index (Phi) is 3.02. The van der Waals surface area contributed by atoms with E-state index in [-0.39, 0.29) is 47.6 Å². The summed E-state index contributed by atoms with van der Waals surface area (Å²) in [6.45, 7) is 0. The predicted octanol–water partition coefficient (Wildman–Crippen LogP) is 1.72. The molecule has 1 heterocycles. The standard InChI is InChI=1S/C19H16N2O5/c22-15(7-9-1-3-10(4-2-9)21(25)26)20-18(23)16-11-5-6-12(14-8-13(11)14)17(16)19(20)24/h1-6,11-14,16-17H,7-8H2/t11-,12-,13-,14-,16+,17+/m0/s1. The SMILES string of the molecule is O=C(Cc1ccc([N+](=O)[O-])cc1)N1C(=O)[C@@H]2[C@H]3C=C[C@@H]([C@@H]4C[C@@H]34)[C@H]2C1=O. The Morgan fingerprint density at radius 2 is 1.58 bits per heavy atom. The molecule has 0 spiro atoms. The Bertz CT molecular complexity index is 854. The first-order valence-corrected chi connectivity index (χ1v) is 8.79. The lowest BCUT2D eigenvalue weighted by atomic mass is 9.63. The van der Waals surface area contributed by atoms with Crippen molar-refractivity contribution in [3.8, 4) is 0 Å². The molecule has 1 aromatic carbocycles. The third-order valence-corrected chi connectivity index (χ3v) is 6.41. The first kappa shape index (κ1) is 15.4. The van der Waals surface area contributed by atoms with E-state index in [1.54, 1.807) is 0 Å². The number of allylic oxidation sites excluding steroid dienone is 2. The van der Waals surface area contributed by atoms with Gasteiger partial charge in [-0.25, -0.2) is 4.90 Å². The van der Waals surface area contributed by atoms with Crippen LogP contribution in [0, 0.1) is 45.6 Å². The molecular formula is C19H16N2O5. The third-order valence-electron chi connectivity index (χ3n) is 6.41. The van der Waals surface area contributed by atoms with Gasteiger partial charge in [-0.15, -0.1) is 0 Å². The van der Waals surface area contributed by atoms with Gasteiger partial charge in [0.1, 0.15) is 0 Å². The second kappa shape index (κ2) is 5.09. The summed E-state index contributed by atoms with van der Waals surface area (Å²) in [4.78, 5) is 49.4. The Morgan fingerprint density at radius 1 is 1.04 bits per heavy atom. The van der Waals surface area contributed by atoms with Crippen LogP contribution in [0.4, 0.5) is 5.69 Å². The molecule has 2 saturated carbocycles. The Labute approximate surface area is 148 Å². The number of likely N-dealkylation sites (tertiary alicyclic amines) is 1. The molecule has 2 bridgehead atoms. The molecule has 4 aliphatic carbocycles. The number of amides is 3. The summed E-state index contributed by atoms with van der Waals surface area (Å²) in [7, 11) is 0. The van der Waals surface area contributed by atoms with E-state index in [2.05, 4.69) is 12.2 Å². The van der Waals surface area contributed by atoms with Crippen LogP contribution < -0.4 is 0 Å². The molecule has 0 radical (unpaired) electrons. The molecule has 1 aliphatic heterocycles. The minimum atomic E-state index is -0.545. The molecule has 1 aromatic rings. The van der Waals surface area contributed by atoms with Gasteiger partial charge in [0.25, 0.3) is 5.69 Å². The lowest BCUT2D eigenvalue weighted by Crippen LogP contribution is -2.40. The van der Waals surface area contributed by atoms with Crippen LogP contribution in [0.2, 0.25) is 0 Å². The maximum Gasteiger partial charge on any atom is 0.269 e. The highest BCUT2D eigenvalue weighted by Crippen LogP contribution is 2.65. The van der Waals surface area contributed by atoms with Crippen LogP contribution in [0.3, 0.4) is 0 Å². The van der Waals surface area contributed by atoms with Gasteiger partial charge in [0.2, 0.25) is 17.7 Å². The van der Waals surface area contributed by atoms with Crippen molar-refractivity contribution >= 4 is 23.4 Å². The number of imide groups is 3. The van der Waals surface area contributed by atoms with E-state index in [0.29, 0.717) is 17.4 Å². The van der Waals surface area contributed by atoms with Crippen LogP contribution in [0.5, 0.6) is 0 Å². The van der Waals surface area contributed by atoms with Crippen LogP contribution in [0.15, 0.2) is 36.4 Å². The number of rotatable bonds is 3. The van der Waals surface area contributed by atoms with Gasteiger partial charge in [0.15, 0.2) is 0 Å². The molecule has 6 rings (SSSR count). The fraction of sp³-hybridized carbons (Fsp3) is 0.421. The molecule has 5 aliphatic rings. The summed E-state index contributed by atoms with van der Waals surface area (Å²) >= 11 is 0. The van der Waals surface area contributed by atoms with Crippen LogP contribution in [-0.2, 0) is 20.8 Å². The van der Waals surface area contributed by atoms with Crippen LogP contribution in [0.25, 0.3) is 0 Å². The van der Waals surface area contributed by atoms with Gasteiger partial charge in [-0.1, -0.05) is 24.3 Å². The van der Waals surface area contributed by atoms with E-state index in [9.17, 15) is 24.5 Å². The summed E-state index contributed by atoms with van der Waals surface area (Å²) < 4.78 is 0. The summed E-state index contributed by atoms with van der Waals surface area (Å²) in [6, 6.07) is 5.59. The van der Waals surface area contributed by atoms with Gasteiger partial charge in [-0.05, 0) is 35.7 Å². The van der Waals surface area contributed by atoms with Crippen molar-refractivity contribution in [2.24, 2.45) is 35.5 Å². The first-order chi connectivity index (χ1) is 12.5. The summed E-state index contributed by atoms with van der Waals surface area (Å²) in [6.07, 6.45) is 5.09. The number of nitro benzene ring substituents is 1. The normalized spacial score (nSPS) is 36.1. The van der Waals surface area contributed by atoms with E-state index >= 15 is 0 Å². The number of hydrogen-bond donors (Lipinski definition) is 0. The van der Waals surface area contributed by atoms with E-state index in [1.165, 1.54) is 24.3 Å². The molecular weight excluding hydrogens is 336 g/mol. The molecule has 7 heteroatoms. The highest BCUT2D eigenvalue weighted by Gasteiger charge is 2.67. The van der Waals surface area contributed by atoms with Gasteiger partial charge in [0, 0.05) is 12.1 Å². The number of benzene rings is 1. The van der Waals surface area contributed by atoms with Crippen LogP contribution in [0.1, 0.15) is 12.0 Å². The predicted molar refractivity (Wildman–Crippen MR) is 88.4 cm³/mol. The average molecular weight is 352 g/mol. The van der Waals surface area contributed by atoms with Crippen molar-refractivity contribution in [2.45, 2.75) is 12.8 Å². The molecule has 7 nitrogen and oxygen atoms in total. The fourth-order valence-corrected chi connectivity index (χ4v) is 5.19. The van der Waals surface area contributed by atoms with Crippen molar-refractivity contribution in [1.29, 1.82) is 0 Å². The zero-order valence-electron chi connectivity index (χ0n) is 13.8. The molecule has 6 atom stereocenters. The van der Waals surface area contributed by atoms with Crippen molar-refractivity contribution in [2.75, 3.05) is 0 Å². The molecule has 0 N–H and O–H groups in total. The molecule has 132 valence electrons. The summed E-state index contributed by atoms with van der Waals surface area (Å²) in [5.41, 5.74) is 0.474. The maximum atomic E-state index is 12.8. The highest BCUT2D eigenvalue weighted by molar-refractivity contribution is 6.18. The fourth-order valence-electron chi connectivity index (χ4n) is 5.19. The molecule has 3 fully saturated rings. The highest BCUT2D eigenvalue weighted by atomic mass is 16.6. The van der Waals surface area contributed by atoms with Crippen LogP contribution in [-0.4, -0.2) is 27.5 Å². The topological polar surface area (TPSA) is 97.6 Å². The lowest BCUT2D eigenvalue weighted by Gasteiger charge is -2.37. The zero-order chi connectivity index (χ0) is 18.2. The number of non-ortho nitro benzene ring substituents is 1. The van der Waals surface area contributed by atoms with E-state index < -0.39 is 10.8 Å². The van der Waals surface area contributed by atoms with Crippen LogP contribution >= 0.6 is 0 Å². The molecule has 26 heavy (non-hydrogen) atoms. The second-order valence-corrected chi connectivity index (χ2v) is 7.66. The summed E-state index contributed by atoms with van der Waals surface area (Å²) in [5, 5.41) is 10.7. The monoisotopic (exact) mass is 352 g/mol. The van der Waals surface area contributed by atoms with Gasteiger partial charge in [-0.2, -0.15) is 0 Å². The Morgan fingerprint density at radius 3 is 2.08 bits per heavy atom. The summed E-state index contributed by atoms with van der Waals surface area (Å²) in [5.74, 6) is -0.888. The van der Waals surface area contributed by atoms with Crippen molar-refractivity contribution < 1.29 is 19.3 Å². The number of hydrogen-bond acceptors (Lipinski definition) is 5. The first-order valence-electron chi connectivity index (χ1n) is 8.79. The smallest absolute Gasteiger partial charge is 0.269 e. The van der Waals surface area contributed by atoms with E-state index in [4.69, 9.17) is 0 Å². The van der Waals surface area contributed by atoms with Gasteiger partial charge < -0.3 is 0 Å². The minimum Gasteiger partial charge on any atom is -0.274 e. The van der Waals surface area contributed by atoms with E-state index in [0.717, 1.165) is 11.3 Å². The molecule has 1 saturated heterocycles. The number of carbonyl (C=O) groups is 3. The van der Waals surface area contributed by atoms with Crippen molar-refractivity contribution in [1.82, 2.24) is 4.90 Å². The third kappa shape index (κ3) is 1.97. The van der Waals surface area contributed by atoms with E-state index in [1.807, 2.05) is 0 Å². The zero-order valence-corrected chi connectivity index (χ0v) is 13.8. The van der Waals surface area contributed by atoms with Gasteiger partial charge in [-0.3, -0.25) is 24.5 Å². The number of carbonyl (C=O) groups excluding carboxylic acids is 3. The molecule has 0 unspecified atom stereocenters. The molecule has 3 amide bonds. The minimum absolute atomic E-state index is 0.0672. The lowest BCUT2D eigenvalue weighted by molar-refractivity contribution is -0.384. The number of nitrogens with zero attached hydrogens (tertiary/aromatic N) is 2. The quantitative estimate of drug-likeness (QED) is 0.357. The Balaban J connectivity index is 1.37. The number of nitro groups is 1. The molecule has 0 aromatic heterocycles. The Hall–Kier alpha value is -2.83. The van der Waals surface area contributed by atoms with Crippen molar-refractivity contribution in [3.63, 3.8) is 0 Å². The second-order valence-electron chi connectivity index (χ2n) is 7.66. The maximum absolute atomic E-state index is 12.8. The van der Waals surface area contributed by atoms with Crippen molar-refractivity contribution in [3.05, 3.63) is 52.1 Å². The average Bonchev–Trinajstić information content (AvgIpc) is 3.39. The van der Waals surface area contributed by atoms with Gasteiger partial charge >= 0.3 is 0 Å². The largest absolute Gasteiger partial charge is 0.274 e. The van der Waals surface area contributed by atoms with Gasteiger partial charge in [0.05, 0.1) is 23.2 Å².